The van der Waals surface area contributed by atoms with Crippen molar-refractivity contribution in [2.24, 2.45) is 5.92 Å². The van der Waals surface area contributed by atoms with Gasteiger partial charge in [0.25, 0.3) is 0 Å². The Morgan fingerprint density at radius 1 is 1.60 bits per heavy atom. The predicted octanol–water partition coefficient (Wildman–Crippen LogP) is 1.71. The molecule has 1 heterocycles. The zero-order valence-corrected chi connectivity index (χ0v) is 10.0. The lowest BCUT2D eigenvalue weighted by atomic mass is 9.72. The molecule has 0 aliphatic carbocycles. The first-order valence-electron chi connectivity index (χ1n) is 5.54. The Kier molecular flexibility index (Phi) is 3.66. The number of hydrogen-bond donors (Lipinski definition) is 2. The maximum absolute atomic E-state index is 9.93. The average molecular weight is 205 g/mol. The number of nitrogens with one attached hydrogen (secondary N) is 1. The molecular formula is C12H20BNO. The van der Waals surface area contributed by atoms with Gasteiger partial charge in [0.2, 0.25) is 0 Å². The molecule has 0 fully saturated rings. The zero-order valence-electron chi connectivity index (χ0n) is 10.0. The van der Waals surface area contributed by atoms with Gasteiger partial charge in [-0.15, -0.1) is 0 Å². The summed E-state index contributed by atoms with van der Waals surface area (Å²) in [6.07, 6.45) is 4.51. The van der Waals surface area contributed by atoms with Gasteiger partial charge >= 0.3 is 0 Å². The average Bonchev–Trinajstić information content (AvgIpc) is 2.17. The lowest BCUT2D eigenvalue weighted by Gasteiger charge is -2.34. The summed E-state index contributed by atoms with van der Waals surface area (Å²) < 4.78 is 0. The van der Waals surface area contributed by atoms with Crippen LogP contribution < -0.4 is 5.32 Å². The van der Waals surface area contributed by atoms with E-state index in [-0.39, 0.29) is 6.04 Å². The first kappa shape index (κ1) is 12.4. The van der Waals surface area contributed by atoms with Crippen LogP contribution in [0.15, 0.2) is 23.4 Å². The van der Waals surface area contributed by atoms with Crippen molar-refractivity contribution in [1.82, 2.24) is 5.32 Å². The van der Waals surface area contributed by atoms with Crippen molar-refractivity contribution >= 4 is 7.85 Å². The van der Waals surface area contributed by atoms with Crippen LogP contribution in [0, 0.1) is 5.92 Å². The van der Waals surface area contributed by atoms with E-state index in [0.717, 1.165) is 0 Å². The Morgan fingerprint density at radius 2 is 2.20 bits per heavy atom. The Bertz CT molecular complexity index is 292. The van der Waals surface area contributed by atoms with Crippen molar-refractivity contribution in [2.45, 2.75) is 45.7 Å². The summed E-state index contributed by atoms with van der Waals surface area (Å²) in [6.45, 7) is 8.25. The fourth-order valence-corrected chi connectivity index (χ4v) is 1.82. The second kappa shape index (κ2) is 4.44. The highest BCUT2D eigenvalue weighted by atomic mass is 16.3. The maximum atomic E-state index is 9.93. The van der Waals surface area contributed by atoms with Crippen LogP contribution >= 0.6 is 0 Å². The lowest BCUT2D eigenvalue weighted by Crippen LogP contribution is -2.49. The lowest BCUT2D eigenvalue weighted by molar-refractivity contribution is 0.0999. The summed E-state index contributed by atoms with van der Waals surface area (Å²) in [5.41, 5.74) is 1.31. The molecule has 2 radical (unpaired) electrons. The zero-order chi connectivity index (χ0) is 11.6. The Hall–Kier alpha value is -0.695. The van der Waals surface area contributed by atoms with Crippen LogP contribution in [-0.4, -0.2) is 24.5 Å². The van der Waals surface area contributed by atoms with Crippen molar-refractivity contribution in [3.8, 4) is 0 Å². The molecule has 2 atom stereocenters. The molecule has 0 spiro atoms. The van der Waals surface area contributed by atoms with Gasteiger partial charge in [-0.25, -0.2) is 0 Å². The van der Waals surface area contributed by atoms with E-state index in [1.165, 1.54) is 11.1 Å². The summed E-state index contributed by atoms with van der Waals surface area (Å²) in [6, 6.07) is -0.190. The van der Waals surface area contributed by atoms with Gasteiger partial charge in [0.05, 0.1) is 6.04 Å². The van der Waals surface area contributed by atoms with Crippen molar-refractivity contribution < 1.29 is 5.11 Å². The summed E-state index contributed by atoms with van der Waals surface area (Å²) >= 11 is 0. The monoisotopic (exact) mass is 205 g/mol. The Morgan fingerprint density at radius 3 is 2.60 bits per heavy atom. The molecule has 2 nitrogen and oxygen atoms in total. The molecule has 0 bridgehead atoms. The largest absolute Gasteiger partial charge is 0.397 e. The molecule has 0 aromatic heterocycles. The van der Waals surface area contributed by atoms with E-state index >= 15 is 0 Å². The van der Waals surface area contributed by atoms with Gasteiger partial charge in [-0.3, -0.25) is 0 Å². The first-order valence-corrected chi connectivity index (χ1v) is 5.54. The fraction of sp³-hybridized carbons (Fsp3) is 0.667. The summed E-state index contributed by atoms with van der Waals surface area (Å²) in [5.74, 6) is 0.488. The van der Waals surface area contributed by atoms with Crippen LogP contribution in [0.4, 0.5) is 0 Å². The normalized spacial score (nSPS) is 25.3. The van der Waals surface area contributed by atoms with E-state index in [2.05, 4.69) is 26.1 Å². The quantitative estimate of drug-likeness (QED) is 0.687. The second-order valence-electron chi connectivity index (χ2n) is 4.59. The van der Waals surface area contributed by atoms with Crippen LogP contribution in [0.2, 0.25) is 0 Å². The molecule has 0 saturated heterocycles. The molecule has 2 N–H and O–H groups in total. The third-order valence-corrected chi connectivity index (χ3v) is 3.02. The number of aliphatic hydroxyl groups is 1. The van der Waals surface area contributed by atoms with Gasteiger partial charge in [-0.05, 0) is 30.4 Å². The molecule has 1 rings (SSSR count). The van der Waals surface area contributed by atoms with Crippen LogP contribution in [0.25, 0.3) is 0 Å². The topological polar surface area (TPSA) is 32.3 Å². The minimum absolute atomic E-state index is 0.190. The smallest absolute Gasteiger partial charge is 0.116 e. The molecule has 0 aromatic rings. The Labute approximate surface area is 93.9 Å². The van der Waals surface area contributed by atoms with Crippen molar-refractivity contribution in [3.05, 3.63) is 23.4 Å². The second-order valence-corrected chi connectivity index (χ2v) is 4.59. The molecule has 82 valence electrons. The van der Waals surface area contributed by atoms with E-state index < -0.39 is 5.50 Å². The molecule has 15 heavy (non-hydrogen) atoms. The Balaban J connectivity index is 2.83. The van der Waals surface area contributed by atoms with Gasteiger partial charge < -0.3 is 10.4 Å². The number of hydrogen-bond acceptors (Lipinski definition) is 2. The van der Waals surface area contributed by atoms with E-state index in [1.807, 2.05) is 19.2 Å². The fourth-order valence-electron chi connectivity index (χ4n) is 1.82. The van der Waals surface area contributed by atoms with Crippen LogP contribution in [-0.2, 0) is 0 Å². The highest BCUT2D eigenvalue weighted by molar-refractivity contribution is 6.15. The summed E-state index contributed by atoms with van der Waals surface area (Å²) in [5, 5.41) is 13.1. The third kappa shape index (κ3) is 2.66. The first-order chi connectivity index (χ1) is 6.88. The van der Waals surface area contributed by atoms with Crippen molar-refractivity contribution in [3.63, 3.8) is 0 Å². The molecule has 0 amide bonds. The standard InChI is InChI=1S/C12H20BNO/c1-5-12(13,15)11-6-9(4)10(7-14-11)8(2)3/h6-8,11,14-15H,5H2,1-4H3. The molecule has 3 heteroatoms. The SMILES string of the molecule is [B]C(O)(CC)C1C=C(C)C(C(C)C)=CN1. The highest BCUT2D eigenvalue weighted by Gasteiger charge is 2.29. The van der Waals surface area contributed by atoms with Crippen molar-refractivity contribution in [2.75, 3.05) is 0 Å². The third-order valence-electron chi connectivity index (χ3n) is 3.02. The summed E-state index contributed by atoms with van der Waals surface area (Å²) in [4.78, 5) is 0. The van der Waals surface area contributed by atoms with E-state index in [1.54, 1.807) is 0 Å². The minimum Gasteiger partial charge on any atom is -0.397 e. The molecule has 1 aliphatic heterocycles. The number of dihydropyridines is 1. The van der Waals surface area contributed by atoms with Crippen molar-refractivity contribution in [1.29, 1.82) is 0 Å². The van der Waals surface area contributed by atoms with E-state index in [9.17, 15) is 5.11 Å². The van der Waals surface area contributed by atoms with E-state index in [4.69, 9.17) is 7.85 Å². The number of rotatable bonds is 3. The van der Waals surface area contributed by atoms with Gasteiger partial charge in [0.1, 0.15) is 7.85 Å². The molecule has 2 unspecified atom stereocenters. The van der Waals surface area contributed by atoms with Gasteiger partial charge in [0.15, 0.2) is 0 Å². The van der Waals surface area contributed by atoms with E-state index in [0.29, 0.717) is 12.3 Å². The molecule has 0 saturated carbocycles. The molecular weight excluding hydrogens is 185 g/mol. The van der Waals surface area contributed by atoms with Gasteiger partial charge in [-0.1, -0.05) is 26.8 Å². The highest BCUT2D eigenvalue weighted by Crippen LogP contribution is 2.25. The predicted molar refractivity (Wildman–Crippen MR) is 64.6 cm³/mol. The van der Waals surface area contributed by atoms with Crippen LogP contribution in [0.3, 0.4) is 0 Å². The minimum atomic E-state index is -1.17. The molecule has 0 aromatic carbocycles. The summed E-state index contributed by atoms with van der Waals surface area (Å²) in [7, 11) is 5.79. The number of allylic oxidation sites excluding steroid dienone is 2. The van der Waals surface area contributed by atoms with Gasteiger partial charge in [0, 0.05) is 11.7 Å². The van der Waals surface area contributed by atoms with Crippen LogP contribution in [0.1, 0.15) is 34.1 Å². The maximum Gasteiger partial charge on any atom is 0.116 e. The molecule has 1 aliphatic rings. The van der Waals surface area contributed by atoms with Crippen LogP contribution in [0.5, 0.6) is 0 Å². The van der Waals surface area contributed by atoms with Gasteiger partial charge in [-0.2, -0.15) is 0 Å².